The van der Waals surface area contributed by atoms with Crippen molar-refractivity contribution in [1.82, 2.24) is 9.97 Å². The molecule has 3 aromatic carbocycles. The summed E-state index contributed by atoms with van der Waals surface area (Å²) < 4.78 is 44.9. The zero-order valence-corrected chi connectivity index (χ0v) is 18.2. The van der Waals surface area contributed by atoms with Gasteiger partial charge >= 0.3 is 12.2 Å². The van der Waals surface area contributed by atoms with E-state index in [1.54, 1.807) is 31.3 Å². The van der Waals surface area contributed by atoms with Crippen molar-refractivity contribution in [3.63, 3.8) is 0 Å². The summed E-state index contributed by atoms with van der Waals surface area (Å²) in [5.41, 5.74) is 0.373. The molecule has 0 aliphatic rings. The molecule has 1 heterocycles. The first-order chi connectivity index (χ1) is 16.2. The van der Waals surface area contributed by atoms with Crippen LogP contribution in [0.4, 0.5) is 35.2 Å². The molecule has 0 fully saturated rings. The average Bonchev–Trinajstić information content (AvgIpc) is 2.81. The van der Waals surface area contributed by atoms with E-state index in [0.29, 0.717) is 28.5 Å². The molecule has 0 radical (unpaired) electrons. The summed E-state index contributed by atoms with van der Waals surface area (Å²) in [5.74, 6) is 1.49. The minimum absolute atomic E-state index is 0.0254. The monoisotopic (exact) mass is 467 g/mol. The highest BCUT2D eigenvalue weighted by molar-refractivity contribution is 6.08. The molecular weight excluding hydrogens is 447 g/mol. The lowest BCUT2D eigenvalue weighted by molar-refractivity contribution is -0.137. The van der Waals surface area contributed by atoms with Crippen molar-refractivity contribution in [1.29, 1.82) is 0 Å². The molecule has 34 heavy (non-hydrogen) atoms. The number of amides is 2. The quantitative estimate of drug-likeness (QED) is 0.315. The number of fused-ring (bicyclic) bond motifs is 1. The van der Waals surface area contributed by atoms with Crippen molar-refractivity contribution in [3.05, 3.63) is 78.1 Å². The number of carbonyl (C=O) groups is 1. The molecule has 2 amide bonds. The third kappa shape index (κ3) is 5.01. The number of rotatable bonds is 5. The lowest BCUT2D eigenvalue weighted by Gasteiger charge is -2.16. The van der Waals surface area contributed by atoms with E-state index in [9.17, 15) is 18.0 Å². The van der Waals surface area contributed by atoms with Gasteiger partial charge in [0.05, 0.1) is 11.3 Å². The highest BCUT2D eigenvalue weighted by atomic mass is 19.4. The van der Waals surface area contributed by atoms with Crippen LogP contribution in [0.5, 0.6) is 11.6 Å². The highest BCUT2D eigenvalue weighted by Gasteiger charge is 2.30. The second-order valence-corrected chi connectivity index (χ2v) is 7.37. The maximum atomic E-state index is 13.0. The van der Waals surface area contributed by atoms with Gasteiger partial charge in [-0.3, -0.25) is 0 Å². The number of alkyl halides is 3. The molecule has 3 N–H and O–H groups in total. The molecule has 0 saturated carbocycles. The second kappa shape index (κ2) is 9.26. The number of nitrogens with zero attached hydrogens (tertiary/aromatic N) is 2. The Morgan fingerprint density at radius 2 is 1.71 bits per heavy atom. The first-order valence-corrected chi connectivity index (χ1v) is 10.2. The third-order valence-electron chi connectivity index (χ3n) is 4.98. The van der Waals surface area contributed by atoms with E-state index in [1.165, 1.54) is 18.5 Å². The maximum absolute atomic E-state index is 13.0. The van der Waals surface area contributed by atoms with Crippen LogP contribution in [0, 0.1) is 6.92 Å². The van der Waals surface area contributed by atoms with Gasteiger partial charge in [0.2, 0.25) is 5.88 Å². The van der Waals surface area contributed by atoms with Crippen molar-refractivity contribution < 1.29 is 22.7 Å². The van der Waals surface area contributed by atoms with Crippen LogP contribution in [0.2, 0.25) is 0 Å². The van der Waals surface area contributed by atoms with Crippen molar-refractivity contribution in [3.8, 4) is 11.6 Å². The van der Waals surface area contributed by atoms with Crippen LogP contribution in [-0.4, -0.2) is 23.0 Å². The number of benzene rings is 3. The number of halogens is 3. The standard InChI is InChI=1S/C24H20F3N5O2/c1-14-10-19(32-23(33)31-16-7-5-6-15(11-16)24(25,26)27)17-8-3-4-9-18(17)22(14)34-21-12-20(28-2)29-13-30-21/h3-13H,1-2H3,(H,28,29,30)(H2,31,32,33). The highest BCUT2D eigenvalue weighted by Crippen LogP contribution is 2.37. The summed E-state index contributed by atoms with van der Waals surface area (Å²) >= 11 is 0. The summed E-state index contributed by atoms with van der Waals surface area (Å²) in [7, 11) is 1.73. The van der Waals surface area contributed by atoms with Crippen molar-refractivity contribution in [2.45, 2.75) is 13.1 Å². The molecule has 0 spiro atoms. The molecule has 0 atom stereocenters. The zero-order valence-electron chi connectivity index (χ0n) is 18.2. The van der Waals surface area contributed by atoms with Crippen LogP contribution in [0.15, 0.2) is 67.0 Å². The Balaban J connectivity index is 1.62. The Hall–Kier alpha value is -4.34. The summed E-state index contributed by atoms with van der Waals surface area (Å²) in [4.78, 5) is 20.8. The van der Waals surface area contributed by atoms with Gasteiger partial charge in [0.25, 0.3) is 0 Å². The van der Waals surface area contributed by atoms with Gasteiger partial charge in [-0.2, -0.15) is 13.2 Å². The lowest BCUT2D eigenvalue weighted by atomic mass is 10.0. The number of anilines is 3. The fourth-order valence-corrected chi connectivity index (χ4v) is 3.42. The van der Waals surface area contributed by atoms with Gasteiger partial charge in [-0.15, -0.1) is 0 Å². The lowest BCUT2D eigenvalue weighted by Crippen LogP contribution is -2.20. The fraction of sp³-hybridized carbons (Fsp3) is 0.125. The van der Waals surface area contributed by atoms with Crippen LogP contribution >= 0.6 is 0 Å². The van der Waals surface area contributed by atoms with Gasteiger partial charge in [-0.05, 0) is 36.8 Å². The summed E-state index contributed by atoms with van der Waals surface area (Å²) in [5, 5.41) is 9.50. The fourth-order valence-electron chi connectivity index (χ4n) is 3.42. The largest absolute Gasteiger partial charge is 0.438 e. The maximum Gasteiger partial charge on any atom is 0.416 e. The van der Waals surface area contributed by atoms with Crippen LogP contribution in [-0.2, 0) is 6.18 Å². The molecule has 0 aliphatic carbocycles. The number of hydrogen-bond acceptors (Lipinski definition) is 5. The number of hydrogen-bond donors (Lipinski definition) is 3. The van der Waals surface area contributed by atoms with Crippen LogP contribution in [0.3, 0.4) is 0 Å². The van der Waals surface area contributed by atoms with Gasteiger partial charge in [-0.25, -0.2) is 14.8 Å². The van der Waals surface area contributed by atoms with E-state index < -0.39 is 17.8 Å². The van der Waals surface area contributed by atoms with Gasteiger partial charge < -0.3 is 20.7 Å². The molecule has 0 unspecified atom stereocenters. The van der Waals surface area contributed by atoms with Gasteiger partial charge in [0, 0.05) is 29.6 Å². The van der Waals surface area contributed by atoms with Crippen molar-refractivity contribution in [2.75, 3.05) is 23.0 Å². The summed E-state index contributed by atoms with van der Waals surface area (Å²) in [6, 6.07) is 14.4. The number of carbonyl (C=O) groups excluding carboxylic acids is 1. The molecule has 0 saturated heterocycles. The zero-order chi connectivity index (χ0) is 24.3. The predicted molar refractivity (Wildman–Crippen MR) is 124 cm³/mol. The first kappa shape index (κ1) is 22.8. The number of nitrogens with one attached hydrogen (secondary N) is 3. The Morgan fingerprint density at radius 3 is 2.44 bits per heavy atom. The van der Waals surface area contributed by atoms with Crippen LogP contribution in [0.25, 0.3) is 10.8 Å². The SMILES string of the molecule is CNc1cc(Oc2c(C)cc(NC(=O)Nc3cccc(C(F)(F)F)c3)c3ccccc23)ncn1. The molecule has 0 bridgehead atoms. The third-order valence-corrected chi connectivity index (χ3v) is 4.98. The van der Waals surface area contributed by atoms with Gasteiger partial charge in [0.15, 0.2) is 0 Å². The van der Waals surface area contributed by atoms with Crippen molar-refractivity contribution in [2.24, 2.45) is 0 Å². The van der Waals surface area contributed by atoms with Crippen LogP contribution < -0.4 is 20.7 Å². The molecule has 0 aliphatic heterocycles. The first-order valence-electron chi connectivity index (χ1n) is 10.2. The average molecular weight is 467 g/mol. The molecule has 1 aromatic heterocycles. The van der Waals surface area contributed by atoms with Crippen LogP contribution in [0.1, 0.15) is 11.1 Å². The predicted octanol–water partition coefficient (Wildman–Crippen LogP) is 6.44. The topological polar surface area (TPSA) is 88.2 Å². The van der Waals surface area contributed by atoms with E-state index in [2.05, 4.69) is 25.9 Å². The van der Waals surface area contributed by atoms with E-state index in [-0.39, 0.29) is 5.69 Å². The Morgan fingerprint density at radius 1 is 0.941 bits per heavy atom. The smallest absolute Gasteiger partial charge is 0.416 e. The van der Waals surface area contributed by atoms with E-state index in [4.69, 9.17) is 4.74 Å². The van der Waals surface area contributed by atoms with Crippen molar-refractivity contribution >= 4 is 34.0 Å². The van der Waals surface area contributed by atoms with Gasteiger partial charge in [0.1, 0.15) is 17.9 Å². The molecular formula is C24H20F3N5O2. The number of urea groups is 1. The Labute approximate surface area is 193 Å². The van der Waals surface area contributed by atoms with Gasteiger partial charge in [-0.1, -0.05) is 30.3 Å². The Bertz CT molecular complexity index is 1360. The number of aromatic nitrogens is 2. The second-order valence-electron chi connectivity index (χ2n) is 7.37. The normalized spacial score (nSPS) is 11.2. The van der Waals surface area contributed by atoms with E-state index >= 15 is 0 Å². The molecule has 4 aromatic rings. The molecule has 7 nitrogen and oxygen atoms in total. The minimum atomic E-state index is -4.51. The number of aryl methyl sites for hydroxylation is 1. The Kier molecular flexibility index (Phi) is 6.22. The van der Waals surface area contributed by atoms with E-state index in [1.807, 2.05) is 19.1 Å². The molecule has 4 rings (SSSR count). The number of ether oxygens (including phenoxy) is 1. The summed E-state index contributed by atoms with van der Waals surface area (Å²) in [6.45, 7) is 1.82. The minimum Gasteiger partial charge on any atom is -0.438 e. The molecule has 174 valence electrons. The van der Waals surface area contributed by atoms with E-state index in [0.717, 1.165) is 23.1 Å². The summed E-state index contributed by atoms with van der Waals surface area (Å²) in [6.07, 6.45) is -3.12. The molecule has 10 heteroatoms.